The number of phenols is 1. The van der Waals surface area contributed by atoms with Crippen molar-refractivity contribution in [1.29, 1.82) is 0 Å². The maximum absolute atomic E-state index is 14.7. The van der Waals surface area contributed by atoms with Crippen LogP contribution in [0.2, 0.25) is 0 Å². The van der Waals surface area contributed by atoms with Gasteiger partial charge in [0.15, 0.2) is 0 Å². The number of anilines is 2. The second kappa shape index (κ2) is 8.70. The molecule has 244 valence electrons. The number of hydrogen-bond acceptors (Lipinski definition) is 5. The van der Waals surface area contributed by atoms with Gasteiger partial charge in [-0.05, 0) is 57.4 Å². The van der Waals surface area contributed by atoms with E-state index in [-0.39, 0.29) is 70.7 Å². The molecule has 6 aliphatic carbocycles. The van der Waals surface area contributed by atoms with E-state index in [1.165, 1.54) is 0 Å². The predicted molar refractivity (Wildman–Crippen MR) is 183 cm³/mol. The number of benzene rings is 4. The normalized spacial score (nSPS) is 37.8. The Labute approximate surface area is 286 Å². The van der Waals surface area contributed by atoms with Gasteiger partial charge in [-0.2, -0.15) is 0 Å². The monoisotopic (exact) mass is 700 g/mol. The molecule has 0 radical (unpaired) electrons. The number of rotatable bonds is 6. The van der Waals surface area contributed by atoms with E-state index in [1.54, 1.807) is 12.1 Å². The zero-order valence-electron chi connectivity index (χ0n) is 25.8. The molecular formula is C37H31Cl2N2O6P. The zero-order chi connectivity index (χ0) is 32.8. The standard InChI is InChI=1S/C37H31Cl2N2O6P/c1-48(45,46)47-25-11-23-27(21-9-5-3-7-19(21)25)17(13-39)15-41(23)35(44)37-31-28-32(37)30-33(37)29(31)36(28,30)34(43)40-14-16(12-38)26-20-8-4-2-6-18(20)24(42)10-22(26)40/h2-11,16-17,28-33,42H,12-15H2,1H3,(H,45,46)/t16-,17-,28?,29?,30?,31?,32?,33?,36?,37?/m1/s1. The van der Waals surface area contributed by atoms with Crippen LogP contribution in [0, 0.1) is 46.3 Å². The summed E-state index contributed by atoms with van der Waals surface area (Å²) < 4.78 is 18.0. The maximum atomic E-state index is 14.7. The van der Waals surface area contributed by atoms with Crippen molar-refractivity contribution < 1.29 is 28.7 Å². The number of carbonyl (C=O) groups excluding carboxylic acids is 2. The van der Waals surface area contributed by atoms with Gasteiger partial charge in [-0.15, -0.1) is 23.2 Å². The third kappa shape index (κ3) is 2.77. The summed E-state index contributed by atoms with van der Waals surface area (Å²) in [6.45, 7) is 2.12. The second-order valence-electron chi connectivity index (χ2n) is 15.2. The molecule has 12 rings (SSSR count). The predicted octanol–water partition coefficient (Wildman–Crippen LogP) is 6.67. The number of alkyl halides is 2. The molecule has 2 aliphatic heterocycles. The molecule has 48 heavy (non-hydrogen) atoms. The molecule has 0 spiro atoms. The quantitative estimate of drug-likeness (QED) is 0.172. The number of halogens is 2. The van der Waals surface area contributed by atoms with Crippen LogP contribution in [-0.4, -0.2) is 53.3 Å². The van der Waals surface area contributed by atoms with Gasteiger partial charge in [-0.3, -0.25) is 9.59 Å². The van der Waals surface area contributed by atoms with Gasteiger partial charge in [-0.1, -0.05) is 48.5 Å². The Hall–Kier alpha value is -3.29. The fraction of sp³-hybridized carbons (Fsp3) is 0.405. The molecule has 2 amide bonds. The van der Waals surface area contributed by atoms with Crippen LogP contribution in [0.4, 0.5) is 11.4 Å². The average molecular weight is 702 g/mol. The summed E-state index contributed by atoms with van der Waals surface area (Å²) in [7, 11) is -3.87. The molecule has 4 aromatic rings. The van der Waals surface area contributed by atoms with E-state index in [0.29, 0.717) is 30.5 Å². The van der Waals surface area contributed by atoms with E-state index < -0.39 is 18.4 Å². The van der Waals surface area contributed by atoms with Crippen LogP contribution in [0.3, 0.4) is 0 Å². The topological polar surface area (TPSA) is 107 Å². The lowest BCUT2D eigenvalue weighted by molar-refractivity contribution is -0.623. The summed E-state index contributed by atoms with van der Waals surface area (Å²) in [6, 6.07) is 18.8. The first-order valence-corrected chi connectivity index (χ1v) is 19.8. The minimum atomic E-state index is -3.87. The van der Waals surface area contributed by atoms with Crippen molar-refractivity contribution in [3.05, 3.63) is 71.8 Å². The number of amides is 2. The van der Waals surface area contributed by atoms with Crippen molar-refractivity contribution in [1.82, 2.24) is 0 Å². The molecule has 0 aromatic heterocycles. The summed E-state index contributed by atoms with van der Waals surface area (Å²) in [5, 5.41) is 14.2. The minimum absolute atomic E-state index is 0.0149. The second-order valence-corrected chi connectivity index (χ2v) is 17.6. The van der Waals surface area contributed by atoms with E-state index in [0.717, 1.165) is 45.0 Å². The largest absolute Gasteiger partial charge is 0.507 e. The fourth-order valence-electron chi connectivity index (χ4n) is 12.6. The van der Waals surface area contributed by atoms with Gasteiger partial charge in [0.2, 0.25) is 11.8 Å². The summed E-state index contributed by atoms with van der Waals surface area (Å²) >= 11 is 13.0. The molecule has 0 saturated heterocycles. The Balaban J connectivity index is 0.923. The number of nitrogens with zero attached hydrogens (tertiary/aromatic N) is 2. The number of carbonyl (C=O) groups is 2. The van der Waals surface area contributed by atoms with Crippen LogP contribution in [0.15, 0.2) is 60.7 Å². The highest BCUT2D eigenvalue weighted by Crippen LogP contribution is 3.10. The smallest absolute Gasteiger partial charge is 0.373 e. The van der Waals surface area contributed by atoms with E-state index in [9.17, 15) is 24.2 Å². The fourth-order valence-corrected chi connectivity index (χ4v) is 13.6. The van der Waals surface area contributed by atoms with Gasteiger partial charge in [0.05, 0.1) is 22.2 Å². The summed E-state index contributed by atoms with van der Waals surface area (Å²) in [5.74, 6) is 2.57. The van der Waals surface area contributed by atoms with Crippen LogP contribution in [0.5, 0.6) is 11.5 Å². The Morgan fingerprint density at radius 3 is 1.65 bits per heavy atom. The van der Waals surface area contributed by atoms with Gasteiger partial charge < -0.3 is 24.3 Å². The van der Waals surface area contributed by atoms with E-state index in [1.807, 2.05) is 58.3 Å². The lowest BCUT2D eigenvalue weighted by Crippen LogP contribution is -3.12. The number of hydrogen-bond donors (Lipinski definition) is 2. The lowest BCUT2D eigenvalue weighted by atomic mass is 8.92. The van der Waals surface area contributed by atoms with Crippen molar-refractivity contribution in [2.45, 2.75) is 11.8 Å². The molecule has 0 bridgehead atoms. The highest BCUT2D eigenvalue weighted by atomic mass is 35.5. The van der Waals surface area contributed by atoms with E-state index in [2.05, 4.69) is 0 Å². The zero-order valence-corrected chi connectivity index (χ0v) is 28.3. The third-order valence-corrected chi connectivity index (χ3v) is 15.1. The van der Waals surface area contributed by atoms with Gasteiger partial charge >= 0.3 is 7.60 Å². The van der Waals surface area contributed by atoms with Crippen LogP contribution in [0.25, 0.3) is 21.5 Å². The minimum Gasteiger partial charge on any atom is -0.507 e. The Kier molecular flexibility index (Phi) is 5.18. The van der Waals surface area contributed by atoms with Crippen molar-refractivity contribution in [3.63, 3.8) is 0 Å². The molecule has 11 heteroatoms. The molecule has 2 heterocycles. The SMILES string of the molecule is CP(=O)(O)Oc1cc2c(c3ccccc13)[C@H](CCl)CN2C(=O)C12C3C4C1C1C2C3C41C(=O)N1C[C@@H](CCl)c2c1cc(O)c1ccccc21. The molecule has 1 unspecified atom stereocenters. The molecule has 8 nitrogen and oxygen atoms in total. The molecule has 2 N–H and O–H groups in total. The Bertz CT molecular complexity index is 2220. The van der Waals surface area contributed by atoms with Crippen LogP contribution >= 0.6 is 30.8 Å². The van der Waals surface area contributed by atoms with Crippen LogP contribution < -0.4 is 14.3 Å². The van der Waals surface area contributed by atoms with Crippen molar-refractivity contribution in [2.75, 3.05) is 41.3 Å². The summed E-state index contributed by atoms with van der Waals surface area (Å²) in [4.78, 5) is 43.2. The highest BCUT2D eigenvalue weighted by Gasteiger charge is 3.13. The first kappa shape index (κ1) is 28.5. The van der Waals surface area contributed by atoms with Crippen LogP contribution in [-0.2, 0) is 14.2 Å². The third-order valence-electron chi connectivity index (χ3n) is 13.8. The molecular weight excluding hydrogens is 670 g/mol. The van der Waals surface area contributed by atoms with Gasteiger partial charge in [0.1, 0.15) is 11.5 Å². The van der Waals surface area contributed by atoms with Gasteiger partial charge in [-0.25, -0.2) is 4.57 Å². The summed E-state index contributed by atoms with van der Waals surface area (Å²) in [5.41, 5.74) is 2.66. The Morgan fingerprint density at radius 2 is 1.19 bits per heavy atom. The van der Waals surface area contributed by atoms with Crippen molar-refractivity contribution >= 4 is 75.5 Å². The van der Waals surface area contributed by atoms with E-state index in [4.69, 9.17) is 27.7 Å². The van der Waals surface area contributed by atoms with Crippen molar-refractivity contribution in [3.8, 4) is 11.5 Å². The lowest BCUT2D eigenvalue weighted by Gasteiger charge is -3.09. The maximum Gasteiger partial charge on any atom is 0.373 e. The van der Waals surface area contributed by atoms with E-state index >= 15 is 0 Å². The molecule has 4 aromatic carbocycles. The molecule has 6 fully saturated rings. The average Bonchev–Trinajstić information content (AvgIpc) is 3.65. The first-order valence-electron chi connectivity index (χ1n) is 16.7. The van der Waals surface area contributed by atoms with Crippen molar-refractivity contribution in [2.24, 2.45) is 46.3 Å². The number of phenolic OH excluding ortho intramolecular Hbond substituents is 1. The molecule has 6 saturated carbocycles. The molecule has 8 aliphatic rings. The number of fused-ring (bicyclic) bond motifs is 6. The molecule has 3 atom stereocenters. The Morgan fingerprint density at radius 1 is 0.771 bits per heavy atom. The first-order chi connectivity index (χ1) is 23.1. The van der Waals surface area contributed by atoms with Gasteiger partial charge in [0.25, 0.3) is 0 Å². The highest BCUT2D eigenvalue weighted by molar-refractivity contribution is 7.52. The van der Waals surface area contributed by atoms with Gasteiger partial charge in [0, 0.05) is 66.3 Å². The van der Waals surface area contributed by atoms with Crippen LogP contribution in [0.1, 0.15) is 23.0 Å². The number of aromatic hydroxyl groups is 1. The summed E-state index contributed by atoms with van der Waals surface area (Å²) in [6.07, 6.45) is 0.